The van der Waals surface area contributed by atoms with Crippen molar-refractivity contribution < 1.29 is 4.79 Å². The van der Waals surface area contributed by atoms with Crippen LogP contribution in [-0.4, -0.2) is 17.4 Å². The predicted octanol–water partition coefficient (Wildman–Crippen LogP) is 2.73. The van der Waals surface area contributed by atoms with Gasteiger partial charge in [-0.25, -0.2) is 4.98 Å². The molecule has 2 rings (SSSR count). The van der Waals surface area contributed by atoms with E-state index >= 15 is 0 Å². The lowest BCUT2D eigenvalue weighted by Gasteiger charge is -2.06. The number of amides is 1. The highest BCUT2D eigenvalue weighted by atomic mass is 32.1. The average molecular weight is 260 g/mol. The van der Waals surface area contributed by atoms with E-state index in [2.05, 4.69) is 10.3 Å². The first-order valence-corrected chi connectivity index (χ1v) is 6.73. The van der Waals surface area contributed by atoms with E-state index in [1.165, 1.54) is 4.88 Å². The summed E-state index contributed by atoms with van der Waals surface area (Å²) in [6, 6.07) is 7.61. The van der Waals surface area contributed by atoms with Gasteiger partial charge in [-0.2, -0.15) is 0 Å². The molecule has 1 N–H and O–H groups in total. The number of aryl methyl sites for hydroxylation is 2. The summed E-state index contributed by atoms with van der Waals surface area (Å²) in [4.78, 5) is 17.3. The van der Waals surface area contributed by atoms with Gasteiger partial charge in [0, 0.05) is 29.6 Å². The third-order valence-corrected chi connectivity index (χ3v) is 3.69. The van der Waals surface area contributed by atoms with Crippen molar-refractivity contribution in [1.29, 1.82) is 0 Å². The highest BCUT2D eigenvalue weighted by Gasteiger charge is 2.07. The minimum absolute atomic E-state index is 0.00524. The van der Waals surface area contributed by atoms with Crippen molar-refractivity contribution in [3.63, 3.8) is 0 Å². The van der Waals surface area contributed by atoms with Crippen LogP contribution in [0.5, 0.6) is 0 Å². The van der Waals surface area contributed by atoms with Crippen molar-refractivity contribution in [1.82, 2.24) is 10.3 Å². The molecule has 2 aromatic rings. The molecule has 0 saturated heterocycles. The highest BCUT2D eigenvalue weighted by molar-refractivity contribution is 7.11. The highest BCUT2D eigenvalue weighted by Crippen LogP contribution is 2.11. The van der Waals surface area contributed by atoms with Crippen LogP contribution in [0.2, 0.25) is 0 Å². The van der Waals surface area contributed by atoms with Gasteiger partial charge >= 0.3 is 0 Å². The van der Waals surface area contributed by atoms with E-state index < -0.39 is 0 Å². The minimum Gasteiger partial charge on any atom is -0.352 e. The molecule has 3 nitrogen and oxygen atoms in total. The van der Waals surface area contributed by atoms with Crippen molar-refractivity contribution in [2.45, 2.75) is 20.3 Å². The van der Waals surface area contributed by atoms with Crippen molar-refractivity contribution in [2.75, 3.05) is 6.54 Å². The molecule has 0 aliphatic carbocycles. The van der Waals surface area contributed by atoms with Gasteiger partial charge < -0.3 is 5.32 Å². The summed E-state index contributed by atoms with van der Waals surface area (Å²) in [7, 11) is 0. The molecule has 0 spiro atoms. The molecule has 18 heavy (non-hydrogen) atoms. The van der Waals surface area contributed by atoms with Gasteiger partial charge in [0.05, 0.1) is 5.01 Å². The number of carbonyl (C=O) groups excluding carboxylic acids is 1. The molecular weight excluding hydrogens is 244 g/mol. The number of nitrogens with one attached hydrogen (secondary N) is 1. The Kier molecular flexibility index (Phi) is 4.10. The zero-order valence-corrected chi connectivity index (χ0v) is 11.4. The number of thiazole rings is 1. The van der Waals surface area contributed by atoms with Crippen LogP contribution in [-0.2, 0) is 6.42 Å². The molecule has 0 saturated carbocycles. The molecule has 1 amide bonds. The topological polar surface area (TPSA) is 42.0 Å². The summed E-state index contributed by atoms with van der Waals surface area (Å²) < 4.78 is 0. The van der Waals surface area contributed by atoms with Gasteiger partial charge in [0.1, 0.15) is 0 Å². The average Bonchev–Trinajstić information content (AvgIpc) is 2.75. The van der Waals surface area contributed by atoms with E-state index in [4.69, 9.17) is 0 Å². The molecule has 1 heterocycles. The van der Waals surface area contributed by atoms with Crippen LogP contribution in [0.4, 0.5) is 0 Å². The third kappa shape index (κ3) is 3.17. The van der Waals surface area contributed by atoms with Crippen molar-refractivity contribution >= 4 is 17.2 Å². The SMILES string of the molecule is Cc1ncc(CCNC(=O)c2ccccc2C)s1. The summed E-state index contributed by atoms with van der Waals surface area (Å²) in [6.07, 6.45) is 2.71. The number of nitrogens with zero attached hydrogens (tertiary/aromatic N) is 1. The third-order valence-electron chi connectivity index (χ3n) is 2.72. The first-order valence-electron chi connectivity index (χ1n) is 5.92. The lowest BCUT2D eigenvalue weighted by Crippen LogP contribution is -2.26. The first kappa shape index (κ1) is 12.8. The van der Waals surface area contributed by atoms with E-state index in [9.17, 15) is 4.79 Å². The van der Waals surface area contributed by atoms with Crippen LogP contribution < -0.4 is 5.32 Å². The normalized spacial score (nSPS) is 10.3. The van der Waals surface area contributed by atoms with Crippen molar-refractivity contribution in [2.24, 2.45) is 0 Å². The Morgan fingerprint density at radius 1 is 1.33 bits per heavy atom. The molecular formula is C14H16N2OS. The van der Waals surface area contributed by atoms with E-state index in [1.54, 1.807) is 11.3 Å². The number of benzene rings is 1. The number of hydrogen-bond donors (Lipinski definition) is 1. The summed E-state index contributed by atoms with van der Waals surface area (Å²) in [5, 5.41) is 4.00. The van der Waals surface area contributed by atoms with Crippen LogP contribution in [0.1, 0.15) is 25.8 Å². The molecule has 94 valence electrons. The smallest absolute Gasteiger partial charge is 0.251 e. The maximum atomic E-state index is 11.9. The van der Waals surface area contributed by atoms with Crippen LogP contribution in [0.15, 0.2) is 30.5 Å². The Labute approximate surface area is 111 Å². The van der Waals surface area contributed by atoms with Gasteiger partial charge in [-0.05, 0) is 25.5 Å². The van der Waals surface area contributed by atoms with Crippen LogP contribution in [0, 0.1) is 13.8 Å². The zero-order valence-electron chi connectivity index (χ0n) is 10.6. The Bertz CT molecular complexity index is 548. The van der Waals surface area contributed by atoms with Crippen LogP contribution in [0.3, 0.4) is 0 Å². The molecule has 0 aliphatic heterocycles. The Hall–Kier alpha value is -1.68. The number of hydrogen-bond acceptors (Lipinski definition) is 3. The molecule has 0 fully saturated rings. The van der Waals surface area contributed by atoms with E-state index in [0.29, 0.717) is 6.54 Å². The van der Waals surface area contributed by atoms with Crippen molar-refractivity contribution in [3.05, 3.63) is 51.5 Å². The van der Waals surface area contributed by atoms with Gasteiger partial charge in [-0.15, -0.1) is 11.3 Å². The fourth-order valence-electron chi connectivity index (χ4n) is 1.74. The van der Waals surface area contributed by atoms with Gasteiger partial charge in [0.2, 0.25) is 0 Å². The quantitative estimate of drug-likeness (QED) is 0.918. The summed E-state index contributed by atoms with van der Waals surface area (Å²) in [5.74, 6) is -0.00524. The summed E-state index contributed by atoms with van der Waals surface area (Å²) >= 11 is 1.68. The Balaban J connectivity index is 1.87. The monoisotopic (exact) mass is 260 g/mol. The maximum Gasteiger partial charge on any atom is 0.251 e. The molecule has 1 aromatic carbocycles. The zero-order chi connectivity index (χ0) is 13.0. The second-order valence-corrected chi connectivity index (χ2v) is 5.49. The van der Waals surface area contributed by atoms with Gasteiger partial charge in [-0.1, -0.05) is 18.2 Å². The van der Waals surface area contributed by atoms with Gasteiger partial charge in [0.25, 0.3) is 5.91 Å². The largest absolute Gasteiger partial charge is 0.352 e. The molecule has 0 bridgehead atoms. The molecule has 0 aliphatic rings. The molecule has 0 unspecified atom stereocenters. The molecule has 0 atom stereocenters. The Morgan fingerprint density at radius 3 is 2.78 bits per heavy atom. The minimum atomic E-state index is -0.00524. The van der Waals surface area contributed by atoms with E-state index in [-0.39, 0.29) is 5.91 Å². The number of aromatic nitrogens is 1. The fraction of sp³-hybridized carbons (Fsp3) is 0.286. The standard InChI is InChI=1S/C14H16N2OS/c1-10-5-3-4-6-13(10)14(17)15-8-7-12-9-16-11(2)18-12/h3-6,9H,7-8H2,1-2H3,(H,15,17). The van der Waals surface area contributed by atoms with Gasteiger partial charge in [0.15, 0.2) is 0 Å². The maximum absolute atomic E-state index is 11.9. The van der Waals surface area contributed by atoms with Crippen LogP contribution >= 0.6 is 11.3 Å². The lowest BCUT2D eigenvalue weighted by atomic mass is 10.1. The summed E-state index contributed by atoms with van der Waals surface area (Å²) in [6.45, 7) is 4.58. The van der Waals surface area contributed by atoms with Crippen molar-refractivity contribution in [3.8, 4) is 0 Å². The fourth-order valence-corrected chi connectivity index (χ4v) is 2.54. The van der Waals surface area contributed by atoms with E-state index in [0.717, 1.165) is 22.6 Å². The lowest BCUT2D eigenvalue weighted by molar-refractivity contribution is 0.0953. The number of rotatable bonds is 4. The number of carbonyl (C=O) groups is 1. The Morgan fingerprint density at radius 2 is 2.11 bits per heavy atom. The molecule has 0 radical (unpaired) electrons. The van der Waals surface area contributed by atoms with Gasteiger partial charge in [-0.3, -0.25) is 4.79 Å². The second kappa shape index (κ2) is 5.78. The molecule has 4 heteroatoms. The molecule has 1 aromatic heterocycles. The first-order chi connectivity index (χ1) is 8.66. The predicted molar refractivity (Wildman–Crippen MR) is 74.1 cm³/mol. The summed E-state index contributed by atoms with van der Waals surface area (Å²) in [5.41, 5.74) is 1.75. The van der Waals surface area contributed by atoms with Crippen LogP contribution in [0.25, 0.3) is 0 Å². The van der Waals surface area contributed by atoms with E-state index in [1.807, 2.05) is 44.3 Å². The second-order valence-electron chi connectivity index (χ2n) is 4.17.